The van der Waals surface area contributed by atoms with Crippen molar-refractivity contribution in [1.29, 1.82) is 0 Å². The van der Waals surface area contributed by atoms with Crippen molar-refractivity contribution >= 4 is 0 Å². The Morgan fingerprint density at radius 1 is 1.00 bits per heavy atom. The molecule has 3 unspecified atom stereocenters. The SMILES string of the molecule is CC(C)(F)CN1CCc2cc(OCc3ccccc3)ccc2C1c1c(F)cc(OC2CCC3(CCNC3)C2)cc1F. The zero-order chi connectivity index (χ0) is 28.6. The molecule has 3 atom stereocenters. The van der Waals surface area contributed by atoms with E-state index < -0.39 is 23.3 Å². The third-order valence-electron chi connectivity index (χ3n) is 8.89. The monoisotopic (exact) mass is 564 g/mol. The Bertz CT molecular complexity index is 1350. The average Bonchev–Trinajstić information content (AvgIpc) is 3.56. The lowest BCUT2D eigenvalue weighted by Crippen LogP contribution is -2.43. The van der Waals surface area contributed by atoms with Gasteiger partial charge in [0.1, 0.15) is 35.4 Å². The molecule has 3 aromatic carbocycles. The smallest absolute Gasteiger partial charge is 0.134 e. The van der Waals surface area contributed by atoms with Crippen LogP contribution in [-0.4, -0.2) is 42.9 Å². The number of halogens is 3. The van der Waals surface area contributed by atoms with E-state index >= 15 is 8.78 Å². The van der Waals surface area contributed by atoms with E-state index in [9.17, 15) is 4.39 Å². The first-order valence-corrected chi connectivity index (χ1v) is 14.8. The van der Waals surface area contributed by atoms with Crippen LogP contribution < -0.4 is 14.8 Å². The Kier molecular flexibility index (Phi) is 7.77. The number of benzene rings is 3. The second-order valence-corrected chi connectivity index (χ2v) is 12.7. The number of fused-ring (bicyclic) bond motifs is 1. The zero-order valence-corrected chi connectivity index (χ0v) is 23.9. The topological polar surface area (TPSA) is 33.7 Å². The number of hydrogen-bond donors (Lipinski definition) is 1. The molecule has 1 saturated heterocycles. The van der Waals surface area contributed by atoms with Gasteiger partial charge in [-0.15, -0.1) is 0 Å². The standard InChI is InChI=1S/C34H39F3N2O2/c1-33(2,37)22-39-15-11-24-16-25(40-20-23-6-4-3-5-7-23)8-9-28(24)32(39)31-29(35)17-27(18-30(31)36)41-26-10-12-34(19-26)13-14-38-21-34/h3-9,16-18,26,32,38H,10-15,19-22H2,1-2H3. The summed E-state index contributed by atoms with van der Waals surface area (Å²) in [4.78, 5) is 1.85. The quantitative estimate of drug-likeness (QED) is 0.315. The third-order valence-corrected chi connectivity index (χ3v) is 8.89. The average molecular weight is 565 g/mol. The molecule has 7 heteroatoms. The van der Waals surface area contributed by atoms with Gasteiger partial charge >= 0.3 is 0 Å². The molecule has 2 aliphatic heterocycles. The van der Waals surface area contributed by atoms with E-state index in [-0.39, 0.29) is 29.4 Å². The maximum absolute atomic E-state index is 15.9. The van der Waals surface area contributed by atoms with Crippen LogP contribution in [-0.2, 0) is 13.0 Å². The number of nitrogens with zero attached hydrogens (tertiary/aromatic N) is 1. The highest BCUT2D eigenvalue weighted by molar-refractivity contribution is 5.46. The van der Waals surface area contributed by atoms with E-state index in [2.05, 4.69) is 5.32 Å². The minimum atomic E-state index is -1.53. The molecule has 2 fully saturated rings. The number of hydrogen-bond acceptors (Lipinski definition) is 4. The van der Waals surface area contributed by atoms with Gasteiger partial charge in [-0.1, -0.05) is 36.4 Å². The number of ether oxygens (including phenoxy) is 2. The lowest BCUT2D eigenvalue weighted by Gasteiger charge is -2.40. The molecule has 1 spiro atoms. The van der Waals surface area contributed by atoms with Gasteiger partial charge in [-0.25, -0.2) is 13.2 Å². The van der Waals surface area contributed by atoms with E-state index in [1.54, 1.807) is 0 Å². The predicted octanol–water partition coefficient (Wildman–Crippen LogP) is 7.15. The molecule has 1 saturated carbocycles. The largest absolute Gasteiger partial charge is 0.490 e. The summed E-state index contributed by atoms with van der Waals surface area (Å²) >= 11 is 0. The second kappa shape index (κ2) is 11.3. The van der Waals surface area contributed by atoms with Crippen molar-refractivity contribution < 1.29 is 22.6 Å². The van der Waals surface area contributed by atoms with E-state index in [1.165, 1.54) is 26.0 Å². The molecule has 41 heavy (non-hydrogen) atoms. The number of alkyl halides is 1. The molecule has 0 aromatic heterocycles. The van der Waals surface area contributed by atoms with Gasteiger partial charge in [-0.2, -0.15) is 0 Å². The molecule has 0 amide bonds. The van der Waals surface area contributed by atoms with Gasteiger partial charge in [0.15, 0.2) is 0 Å². The van der Waals surface area contributed by atoms with Crippen LogP contribution in [0.1, 0.15) is 67.8 Å². The van der Waals surface area contributed by atoms with Crippen molar-refractivity contribution in [3.8, 4) is 11.5 Å². The van der Waals surface area contributed by atoms with Crippen molar-refractivity contribution in [2.24, 2.45) is 5.41 Å². The molecule has 3 aliphatic rings. The molecular weight excluding hydrogens is 525 g/mol. The van der Waals surface area contributed by atoms with Gasteiger partial charge in [0.2, 0.25) is 0 Å². The van der Waals surface area contributed by atoms with Crippen LogP contribution in [0, 0.1) is 17.0 Å². The van der Waals surface area contributed by atoms with E-state index in [1.807, 2.05) is 53.4 Å². The molecule has 6 rings (SSSR count). The van der Waals surface area contributed by atoms with Gasteiger partial charge in [0.05, 0.1) is 12.1 Å². The van der Waals surface area contributed by atoms with E-state index in [0.717, 1.165) is 55.5 Å². The van der Waals surface area contributed by atoms with Crippen molar-refractivity contribution in [3.05, 3.63) is 94.6 Å². The summed E-state index contributed by atoms with van der Waals surface area (Å²) in [6.45, 7) is 5.95. The summed E-state index contributed by atoms with van der Waals surface area (Å²) in [7, 11) is 0. The molecule has 1 aliphatic carbocycles. The summed E-state index contributed by atoms with van der Waals surface area (Å²) < 4.78 is 58.8. The van der Waals surface area contributed by atoms with Crippen LogP contribution in [0.2, 0.25) is 0 Å². The zero-order valence-electron chi connectivity index (χ0n) is 23.9. The maximum Gasteiger partial charge on any atom is 0.134 e. The minimum absolute atomic E-state index is 0.0481. The van der Waals surface area contributed by atoms with Crippen LogP contribution in [0.15, 0.2) is 60.7 Å². The molecule has 2 heterocycles. The summed E-state index contributed by atoms with van der Waals surface area (Å²) in [5, 5.41) is 3.43. The Labute approximate surface area is 240 Å². The Balaban J connectivity index is 1.27. The van der Waals surface area contributed by atoms with Crippen LogP contribution in [0.25, 0.3) is 0 Å². The fourth-order valence-corrected chi connectivity index (χ4v) is 7.00. The normalized spacial score (nSPS) is 24.5. The van der Waals surface area contributed by atoms with Crippen molar-refractivity contribution in [3.63, 3.8) is 0 Å². The Morgan fingerprint density at radius 3 is 2.49 bits per heavy atom. The summed E-state index contributed by atoms with van der Waals surface area (Å²) in [5.41, 5.74) is 1.43. The Hall–Kier alpha value is -3.03. The minimum Gasteiger partial charge on any atom is -0.490 e. The van der Waals surface area contributed by atoms with Gasteiger partial charge in [-0.3, -0.25) is 4.90 Å². The van der Waals surface area contributed by atoms with Crippen molar-refractivity contribution in [2.75, 3.05) is 26.2 Å². The third kappa shape index (κ3) is 6.26. The molecule has 0 bridgehead atoms. The van der Waals surface area contributed by atoms with Crippen LogP contribution in [0.5, 0.6) is 11.5 Å². The number of nitrogens with one attached hydrogen (secondary N) is 1. The Morgan fingerprint density at radius 2 is 1.78 bits per heavy atom. The van der Waals surface area contributed by atoms with Crippen LogP contribution in [0.3, 0.4) is 0 Å². The van der Waals surface area contributed by atoms with Gasteiger partial charge < -0.3 is 14.8 Å². The highest BCUT2D eigenvalue weighted by Gasteiger charge is 2.42. The molecule has 4 nitrogen and oxygen atoms in total. The highest BCUT2D eigenvalue weighted by atomic mass is 19.1. The van der Waals surface area contributed by atoms with Crippen molar-refractivity contribution in [2.45, 2.75) is 70.4 Å². The van der Waals surface area contributed by atoms with Gasteiger partial charge in [0, 0.05) is 37.3 Å². The second-order valence-electron chi connectivity index (χ2n) is 12.7. The fraction of sp³-hybridized carbons (Fsp3) is 0.471. The summed E-state index contributed by atoms with van der Waals surface area (Å²) in [5.74, 6) is -0.421. The lowest BCUT2D eigenvalue weighted by atomic mass is 9.85. The van der Waals surface area contributed by atoms with E-state index in [0.29, 0.717) is 25.3 Å². The molecular formula is C34H39F3N2O2. The first kappa shape index (κ1) is 28.1. The lowest BCUT2D eigenvalue weighted by molar-refractivity contribution is 0.0970. The molecule has 0 radical (unpaired) electrons. The van der Waals surface area contributed by atoms with Crippen LogP contribution >= 0.6 is 0 Å². The molecule has 1 N–H and O–H groups in total. The first-order chi connectivity index (χ1) is 19.7. The van der Waals surface area contributed by atoms with Crippen LogP contribution in [0.4, 0.5) is 13.2 Å². The van der Waals surface area contributed by atoms with Crippen molar-refractivity contribution in [1.82, 2.24) is 10.2 Å². The number of rotatable bonds is 8. The molecule has 3 aromatic rings. The van der Waals surface area contributed by atoms with Gasteiger partial charge in [0.25, 0.3) is 0 Å². The summed E-state index contributed by atoms with van der Waals surface area (Å²) in [6, 6.07) is 17.4. The summed E-state index contributed by atoms with van der Waals surface area (Å²) in [6.07, 6.45) is 4.55. The maximum atomic E-state index is 15.9. The molecule has 218 valence electrons. The predicted molar refractivity (Wildman–Crippen MR) is 154 cm³/mol. The fourth-order valence-electron chi connectivity index (χ4n) is 7.00. The van der Waals surface area contributed by atoms with E-state index in [4.69, 9.17) is 9.47 Å². The first-order valence-electron chi connectivity index (χ1n) is 14.8. The van der Waals surface area contributed by atoms with Gasteiger partial charge in [-0.05, 0) is 86.7 Å². The highest BCUT2D eigenvalue weighted by Crippen LogP contribution is 2.45.